The molecule has 2 rings (SSSR count). The molecule has 0 aromatic carbocycles. The molecule has 3 N–H and O–H groups in total. The lowest BCUT2D eigenvalue weighted by Crippen LogP contribution is -2.39. The molecule has 96 valence electrons. The van der Waals surface area contributed by atoms with E-state index in [9.17, 15) is 4.79 Å². The first-order chi connectivity index (χ1) is 8.25. The van der Waals surface area contributed by atoms with Crippen LogP contribution < -0.4 is 11.1 Å². The number of hydrogen-bond donors (Lipinski definition) is 2. The average molecular weight is 237 g/mol. The van der Waals surface area contributed by atoms with Gasteiger partial charge in [-0.05, 0) is 32.4 Å². The fourth-order valence-corrected chi connectivity index (χ4v) is 2.57. The number of rotatable bonds is 4. The van der Waals surface area contributed by atoms with Crippen LogP contribution in [-0.4, -0.2) is 43.0 Å². The van der Waals surface area contributed by atoms with Crippen LogP contribution in [0.25, 0.3) is 0 Å². The molecule has 1 fully saturated rings. The van der Waals surface area contributed by atoms with E-state index in [0.29, 0.717) is 0 Å². The molecule has 4 heteroatoms. The Balaban J connectivity index is 1.61. The van der Waals surface area contributed by atoms with Crippen LogP contribution in [0.15, 0.2) is 12.2 Å². The van der Waals surface area contributed by atoms with E-state index < -0.39 is 0 Å². The number of carbonyl (C=O) groups excluding carboxylic acids is 1. The molecule has 4 nitrogen and oxygen atoms in total. The highest BCUT2D eigenvalue weighted by molar-refractivity contribution is 5.81. The SMILES string of the molecule is NC1C=CC(C(=O)NCCN2CCCCC2)C1. The molecule has 17 heavy (non-hydrogen) atoms. The lowest BCUT2D eigenvalue weighted by atomic mass is 10.1. The van der Waals surface area contributed by atoms with E-state index in [1.54, 1.807) is 0 Å². The van der Waals surface area contributed by atoms with Crippen LogP contribution in [-0.2, 0) is 4.79 Å². The molecule has 1 heterocycles. The van der Waals surface area contributed by atoms with E-state index in [-0.39, 0.29) is 17.9 Å². The largest absolute Gasteiger partial charge is 0.354 e. The van der Waals surface area contributed by atoms with Crippen LogP contribution in [0.1, 0.15) is 25.7 Å². The van der Waals surface area contributed by atoms with Gasteiger partial charge < -0.3 is 16.0 Å². The van der Waals surface area contributed by atoms with Crippen molar-refractivity contribution >= 4 is 5.91 Å². The van der Waals surface area contributed by atoms with Gasteiger partial charge in [-0.2, -0.15) is 0 Å². The quantitative estimate of drug-likeness (QED) is 0.700. The summed E-state index contributed by atoms with van der Waals surface area (Å²) < 4.78 is 0. The van der Waals surface area contributed by atoms with Gasteiger partial charge in [0.2, 0.25) is 5.91 Å². The first-order valence-corrected chi connectivity index (χ1v) is 6.69. The number of carbonyl (C=O) groups is 1. The van der Waals surface area contributed by atoms with E-state index in [0.717, 1.165) is 19.5 Å². The van der Waals surface area contributed by atoms with Gasteiger partial charge in [0.25, 0.3) is 0 Å². The van der Waals surface area contributed by atoms with Crippen LogP contribution in [0.2, 0.25) is 0 Å². The second-order valence-electron chi connectivity index (χ2n) is 5.08. The summed E-state index contributed by atoms with van der Waals surface area (Å²) in [6, 6.07) is 0.0628. The number of likely N-dealkylation sites (tertiary alicyclic amines) is 1. The third-order valence-corrected chi connectivity index (χ3v) is 3.63. The molecule has 1 aliphatic carbocycles. The summed E-state index contributed by atoms with van der Waals surface area (Å²) in [5.74, 6) is 0.123. The molecular formula is C13H23N3O. The number of hydrogen-bond acceptors (Lipinski definition) is 3. The molecule has 0 aromatic heterocycles. The van der Waals surface area contributed by atoms with Crippen LogP contribution in [0, 0.1) is 5.92 Å². The highest BCUT2D eigenvalue weighted by Crippen LogP contribution is 2.16. The zero-order valence-corrected chi connectivity index (χ0v) is 10.4. The number of piperidine rings is 1. The molecule has 1 aliphatic heterocycles. The lowest BCUT2D eigenvalue weighted by molar-refractivity contribution is -0.123. The van der Waals surface area contributed by atoms with Crippen LogP contribution in [0.5, 0.6) is 0 Å². The predicted molar refractivity (Wildman–Crippen MR) is 68.5 cm³/mol. The topological polar surface area (TPSA) is 58.4 Å². The van der Waals surface area contributed by atoms with E-state index in [4.69, 9.17) is 5.73 Å². The zero-order chi connectivity index (χ0) is 12.1. The Morgan fingerprint density at radius 3 is 2.71 bits per heavy atom. The fourth-order valence-electron chi connectivity index (χ4n) is 2.57. The van der Waals surface area contributed by atoms with Crippen molar-refractivity contribution in [3.63, 3.8) is 0 Å². The summed E-state index contributed by atoms with van der Waals surface area (Å²) in [5.41, 5.74) is 5.73. The number of amides is 1. The molecule has 2 unspecified atom stereocenters. The van der Waals surface area contributed by atoms with Crippen molar-refractivity contribution in [3.8, 4) is 0 Å². The predicted octanol–water partition coefficient (Wildman–Crippen LogP) is 0.492. The smallest absolute Gasteiger partial charge is 0.227 e. The standard InChI is InChI=1S/C13H23N3O/c14-12-5-4-11(10-12)13(17)15-6-9-16-7-2-1-3-8-16/h4-5,11-12H,1-3,6-10,14H2,(H,15,17). The zero-order valence-electron chi connectivity index (χ0n) is 10.4. The van der Waals surface area contributed by atoms with Gasteiger partial charge in [0.1, 0.15) is 0 Å². The Morgan fingerprint density at radius 2 is 2.06 bits per heavy atom. The van der Waals surface area contributed by atoms with E-state index in [1.807, 2.05) is 12.2 Å². The monoisotopic (exact) mass is 237 g/mol. The highest BCUT2D eigenvalue weighted by atomic mass is 16.1. The number of nitrogens with zero attached hydrogens (tertiary/aromatic N) is 1. The van der Waals surface area contributed by atoms with Crippen molar-refractivity contribution in [2.75, 3.05) is 26.2 Å². The van der Waals surface area contributed by atoms with Gasteiger partial charge in [0.05, 0.1) is 5.92 Å². The van der Waals surface area contributed by atoms with Gasteiger partial charge in [0.15, 0.2) is 0 Å². The second kappa shape index (κ2) is 6.17. The molecule has 2 aliphatic rings. The van der Waals surface area contributed by atoms with Gasteiger partial charge in [-0.1, -0.05) is 18.6 Å². The Labute approximate surface area is 103 Å². The summed E-state index contributed by atoms with van der Waals surface area (Å²) in [5, 5.41) is 3.01. The van der Waals surface area contributed by atoms with Crippen LogP contribution in [0.4, 0.5) is 0 Å². The van der Waals surface area contributed by atoms with Crippen molar-refractivity contribution in [2.45, 2.75) is 31.7 Å². The van der Waals surface area contributed by atoms with E-state index in [1.165, 1.54) is 32.4 Å². The molecule has 2 atom stereocenters. The van der Waals surface area contributed by atoms with Gasteiger partial charge in [0, 0.05) is 19.1 Å². The van der Waals surface area contributed by atoms with E-state index in [2.05, 4.69) is 10.2 Å². The minimum atomic E-state index is -0.00800. The molecule has 0 saturated carbocycles. The minimum Gasteiger partial charge on any atom is -0.354 e. The molecule has 0 spiro atoms. The van der Waals surface area contributed by atoms with Crippen LogP contribution in [0.3, 0.4) is 0 Å². The van der Waals surface area contributed by atoms with Crippen molar-refractivity contribution in [1.29, 1.82) is 0 Å². The summed E-state index contributed by atoms with van der Waals surface area (Å²) in [6.45, 7) is 4.11. The molecule has 1 saturated heterocycles. The van der Waals surface area contributed by atoms with Crippen molar-refractivity contribution in [1.82, 2.24) is 10.2 Å². The van der Waals surface area contributed by atoms with E-state index >= 15 is 0 Å². The average Bonchev–Trinajstić information content (AvgIpc) is 2.77. The van der Waals surface area contributed by atoms with Gasteiger partial charge in [-0.15, -0.1) is 0 Å². The Morgan fingerprint density at radius 1 is 1.29 bits per heavy atom. The molecule has 0 radical (unpaired) electrons. The molecule has 0 aromatic rings. The normalized spacial score (nSPS) is 29.5. The Kier molecular flexibility index (Phi) is 4.57. The number of nitrogens with two attached hydrogens (primary N) is 1. The maximum atomic E-state index is 11.8. The summed E-state index contributed by atoms with van der Waals surface area (Å²) >= 11 is 0. The lowest BCUT2D eigenvalue weighted by Gasteiger charge is -2.26. The number of nitrogens with one attached hydrogen (secondary N) is 1. The third kappa shape index (κ3) is 3.82. The summed E-state index contributed by atoms with van der Waals surface area (Å²) in [6.07, 6.45) is 8.57. The molecule has 1 amide bonds. The summed E-state index contributed by atoms with van der Waals surface area (Å²) in [7, 11) is 0. The fraction of sp³-hybridized carbons (Fsp3) is 0.769. The summed E-state index contributed by atoms with van der Waals surface area (Å²) in [4.78, 5) is 14.2. The van der Waals surface area contributed by atoms with Gasteiger partial charge in [-0.25, -0.2) is 0 Å². The van der Waals surface area contributed by atoms with Crippen molar-refractivity contribution < 1.29 is 4.79 Å². The second-order valence-corrected chi connectivity index (χ2v) is 5.08. The Bertz CT molecular complexity index is 284. The van der Waals surface area contributed by atoms with Crippen molar-refractivity contribution in [3.05, 3.63) is 12.2 Å². The maximum Gasteiger partial charge on any atom is 0.227 e. The van der Waals surface area contributed by atoms with Gasteiger partial charge in [-0.3, -0.25) is 4.79 Å². The maximum absolute atomic E-state index is 11.8. The molecule has 0 bridgehead atoms. The Hall–Kier alpha value is -0.870. The van der Waals surface area contributed by atoms with Gasteiger partial charge >= 0.3 is 0 Å². The molecular weight excluding hydrogens is 214 g/mol. The van der Waals surface area contributed by atoms with Crippen LogP contribution >= 0.6 is 0 Å². The third-order valence-electron chi connectivity index (χ3n) is 3.63. The van der Waals surface area contributed by atoms with Crippen molar-refractivity contribution in [2.24, 2.45) is 11.7 Å². The minimum absolute atomic E-state index is 0.00800. The highest BCUT2D eigenvalue weighted by Gasteiger charge is 2.22. The first kappa shape index (κ1) is 12.6. The first-order valence-electron chi connectivity index (χ1n) is 6.69.